The second kappa shape index (κ2) is 11.6. The number of methoxy groups -OCH3 is 1. The number of carbonyl (C=O) groups excluding carboxylic acids is 1. The number of amides is 1. The Labute approximate surface area is 205 Å². The number of hydrogen-bond donors (Lipinski definition) is 2. The van der Waals surface area contributed by atoms with Crippen LogP contribution in [0.5, 0.6) is 5.75 Å². The van der Waals surface area contributed by atoms with Crippen LogP contribution in [0.4, 0.5) is 13.2 Å². The molecule has 1 unspecified atom stereocenters. The predicted molar refractivity (Wildman–Crippen MR) is 126 cm³/mol. The maximum Gasteiger partial charge on any atom is 0.416 e. The Hall–Kier alpha value is -1.98. The highest BCUT2D eigenvalue weighted by Crippen LogP contribution is 2.38. The van der Waals surface area contributed by atoms with Crippen LogP contribution in [0.1, 0.15) is 34.0 Å². The van der Waals surface area contributed by atoms with Gasteiger partial charge >= 0.3 is 6.18 Å². The van der Waals surface area contributed by atoms with Crippen LogP contribution in [0.3, 0.4) is 0 Å². The van der Waals surface area contributed by atoms with E-state index in [1.54, 1.807) is 25.1 Å². The Kier molecular flexibility index (Phi) is 9.11. The first-order chi connectivity index (χ1) is 16.1. The van der Waals surface area contributed by atoms with Crippen molar-refractivity contribution in [3.63, 3.8) is 0 Å². The number of nitrogens with one attached hydrogen (secondary N) is 2. The van der Waals surface area contributed by atoms with E-state index < -0.39 is 28.8 Å². The van der Waals surface area contributed by atoms with Gasteiger partial charge in [-0.15, -0.1) is 0 Å². The van der Waals surface area contributed by atoms with E-state index in [9.17, 15) is 22.5 Å². The molecule has 1 aliphatic rings. The first-order valence-corrected chi connectivity index (χ1v) is 12.5. The molecule has 0 saturated carbocycles. The van der Waals surface area contributed by atoms with E-state index in [4.69, 9.17) is 16.3 Å². The standard InChI is InChI=1S/C23H27ClF3N3O3S/c1-3-34(32)21-5-4-17(24)10-16(21)13-29-22(31)15-11-19(23(25,26)27)18(20(12-15)33-2)14-30-8-6-28-7-9-30/h4-5,10-12,28H,3,6-9,13-14H2,1-2H3,(H,29,31). The lowest BCUT2D eigenvalue weighted by molar-refractivity contribution is -0.138. The average molecular weight is 518 g/mol. The first kappa shape index (κ1) is 26.6. The smallest absolute Gasteiger partial charge is 0.416 e. The van der Waals surface area contributed by atoms with Gasteiger partial charge in [-0.25, -0.2) is 0 Å². The van der Waals surface area contributed by atoms with E-state index in [-0.39, 0.29) is 30.0 Å². The van der Waals surface area contributed by atoms with Gasteiger partial charge in [0.05, 0.1) is 12.7 Å². The van der Waals surface area contributed by atoms with Crippen LogP contribution < -0.4 is 15.4 Å². The van der Waals surface area contributed by atoms with Crippen LogP contribution in [0.15, 0.2) is 35.2 Å². The number of alkyl halides is 3. The number of piperazine rings is 1. The summed E-state index contributed by atoms with van der Waals surface area (Å²) in [6.07, 6.45) is -4.66. The topological polar surface area (TPSA) is 76.7 Å². The molecule has 1 saturated heterocycles. The third kappa shape index (κ3) is 6.57. The zero-order chi connectivity index (χ0) is 24.9. The molecule has 6 nitrogen and oxygen atoms in total. The Morgan fingerprint density at radius 1 is 1.26 bits per heavy atom. The van der Waals surface area contributed by atoms with E-state index in [2.05, 4.69) is 10.6 Å². The summed E-state index contributed by atoms with van der Waals surface area (Å²) in [7, 11) is 1.29. The van der Waals surface area contributed by atoms with E-state index in [1.165, 1.54) is 13.2 Å². The predicted octanol–water partition coefficient (Wildman–Crippen LogP) is 3.83. The van der Waals surface area contributed by atoms with Crippen LogP contribution in [0.25, 0.3) is 0 Å². The number of hydrogen-bond acceptors (Lipinski definition) is 5. The number of benzene rings is 2. The Morgan fingerprint density at radius 2 is 1.97 bits per heavy atom. The minimum absolute atomic E-state index is 0.00363. The van der Waals surface area contributed by atoms with Crippen molar-refractivity contribution in [3.05, 3.63) is 57.6 Å². The number of halogens is 4. The molecule has 0 radical (unpaired) electrons. The number of rotatable bonds is 8. The molecule has 1 aliphatic heterocycles. The minimum Gasteiger partial charge on any atom is -0.611 e. The summed E-state index contributed by atoms with van der Waals surface area (Å²) >= 11 is 4.76. The van der Waals surface area contributed by atoms with Crippen molar-refractivity contribution in [1.29, 1.82) is 0 Å². The average Bonchev–Trinajstić information content (AvgIpc) is 2.82. The van der Waals surface area contributed by atoms with Crippen molar-refractivity contribution < 1.29 is 27.3 Å². The van der Waals surface area contributed by atoms with Crippen molar-refractivity contribution in [3.8, 4) is 5.75 Å². The molecule has 2 aromatic carbocycles. The summed E-state index contributed by atoms with van der Waals surface area (Å²) < 4.78 is 59.5. The van der Waals surface area contributed by atoms with E-state index >= 15 is 0 Å². The Morgan fingerprint density at radius 3 is 2.59 bits per heavy atom. The zero-order valence-electron chi connectivity index (χ0n) is 18.9. The van der Waals surface area contributed by atoms with Crippen LogP contribution in [-0.4, -0.2) is 54.4 Å². The van der Waals surface area contributed by atoms with E-state index in [1.807, 2.05) is 4.90 Å². The maximum atomic E-state index is 14.0. The van der Waals surface area contributed by atoms with Gasteiger partial charge in [-0.05, 0) is 48.4 Å². The van der Waals surface area contributed by atoms with E-state index in [0.29, 0.717) is 47.4 Å². The molecule has 2 N–H and O–H groups in total. The summed E-state index contributed by atoms with van der Waals surface area (Å²) in [6.45, 7) is 4.41. The third-order valence-electron chi connectivity index (χ3n) is 5.56. The lowest BCUT2D eigenvalue weighted by Crippen LogP contribution is -2.43. The summed E-state index contributed by atoms with van der Waals surface area (Å²) in [5, 5.41) is 6.19. The van der Waals surface area contributed by atoms with Crippen LogP contribution >= 0.6 is 11.6 Å². The lowest BCUT2D eigenvalue weighted by atomic mass is 10.0. The zero-order valence-corrected chi connectivity index (χ0v) is 20.5. The van der Waals surface area contributed by atoms with Gasteiger partial charge < -0.3 is 19.9 Å². The largest absolute Gasteiger partial charge is 0.611 e. The highest BCUT2D eigenvalue weighted by molar-refractivity contribution is 7.91. The van der Waals surface area contributed by atoms with Crippen molar-refractivity contribution in [2.45, 2.75) is 31.1 Å². The van der Waals surface area contributed by atoms with Crippen LogP contribution in [0.2, 0.25) is 5.02 Å². The molecule has 0 aliphatic carbocycles. The fourth-order valence-corrected chi connectivity index (χ4v) is 4.96. The van der Waals surface area contributed by atoms with Gasteiger partial charge in [-0.2, -0.15) is 13.2 Å². The van der Waals surface area contributed by atoms with Crippen molar-refractivity contribution in [2.75, 3.05) is 39.0 Å². The monoisotopic (exact) mass is 517 g/mol. The van der Waals surface area contributed by atoms with Gasteiger partial charge in [-0.3, -0.25) is 9.69 Å². The molecule has 1 fully saturated rings. The summed E-state index contributed by atoms with van der Waals surface area (Å²) in [6, 6.07) is 7.00. The van der Waals surface area contributed by atoms with Gasteiger partial charge in [0.1, 0.15) is 11.5 Å². The number of carbonyl (C=O) groups is 1. The molecule has 1 atom stereocenters. The van der Waals surface area contributed by atoms with Crippen molar-refractivity contribution >= 4 is 28.7 Å². The molecule has 0 spiro atoms. The molecule has 0 bridgehead atoms. The fourth-order valence-electron chi connectivity index (χ4n) is 3.81. The molecule has 34 heavy (non-hydrogen) atoms. The first-order valence-electron chi connectivity index (χ1n) is 10.8. The second-order valence-corrected chi connectivity index (χ2v) is 9.94. The van der Waals surface area contributed by atoms with Gasteiger partial charge in [0.2, 0.25) is 0 Å². The fraction of sp³-hybridized carbons (Fsp3) is 0.435. The Bertz CT molecular complexity index is 1020. The number of ether oxygens (including phenoxy) is 1. The van der Waals surface area contributed by atoms with Crippen LogP contribution in [-0.2, 0) is 30.4 Å². The molecular weight excluding hydrogens is 491 g/mol. The minimum atomic E-state index is -4.66. The molecule has 11 heteroatoms. The van der Waals surface area contributed by atoms with E-state index in [0.717, 1.165) is 6.07 Å². The summed E-state index contributed by atoms with van der Waals surface area (Å²) in [5.41, 5.74) is -0.525. The van der Waals surface area contributed by atoms with Gasteiger partial charge in [0.25, 0.3) is 5.91 Å². The summed E-state index contributed by atoms with van der Waals surface area (Å²) in [5.74, 6) is -0.316. The molecule has 2 aromatic rings. The highest BCUT2D eigenvalue weighted by atomic mass is 35.5. The third-order valence-corrected chi connectivity index (χ3v) is 7.21. The highest BCUT2D eigenvalue weighted by Gasteiger charge is 2.36. The van der Waals surface area contributed by atoms with Gasteiger partial charge in [-0.1, -0.05) is 11.6 Å². The second-order valence-electron chi connectivity index (χ2n) is 7.80. The maximum absolute atomic E-state index is 14.0. The lowest BCUT2D eigenvalue weighted by Gasteiger charge is -2.29. The molecule has 0 aromatic heterocycles. The molecule has 1 heterocycles. The molecular formula is C23H27ClF3N3O3S. The Balaban J connectivity index is 1.88. The molecule has 186 valence electrons. The quantitative estimate of drug-likeness (QED) is 0.520. The van der Waals surface area contributed by atoms with Gasteiger partial charge in [0, 0.05) is 61.0 Å². The molecule has 1 amide bonds. The number of nitrogens with zero attached hydrogens (tertiary/aromatic N) is 1. The summed E-state index contributed by atoms with van der Waals surface area (Å²) in [4.78, 5) is 15.3. The van der Waals surface area contributed by atoms with Gasteiger partial charge in [0.15, 0.2) is 4.90 Å². The van der Waals surface area contributed by atoms with Crippen molar-refractivity contribution in [1.82, 2.24) is 15.5 Å². The van der Waals surface area contributed by atoms with Crippen molar-refractivity contribution in [2.24, 2.45) is 0 Å². The normalized spacial score (nSPS) is 15.7. The molecule has 3 rings (SSSR count). The SMILES string of the molecule is CC[S+]([O-])c1ccc(Cl)cc1CNC(=O)c1cc(OC)c(CN2CCNCC2)c(C(F)(F)F)c1. The van der Waals surface area contributed by atoms with Crippen LogP contribution in [0, 0.1) is 0 Å².